The third-order valence-corrected chi connectivity index (χ3v) is 6.63. The van der Waals surface area contributed by atoms with E-state index in [1.165, 1.54) is 18.2 Å². The highest BCUT2D eigenvalue weighted by molar-refractivity contribution is 5.98. The van der Waals surface area contributed by atoms with E-state index in [4.69, 9.17) is 4.74 Å². The summed E-state index contributed by atoms with van der Waals surface area (Å²) < 4.78 is 6.49. The Labute approximate surface area is 204 Å². The second-order valence-electron chi connectivity index (χ2n) is 8.73. The molecule has 0 atom stereocenters. The summed E-state index contributed by atoms with van der Waals surface area (Å²) in [5, 5.41) is 42.5. The molecule has 0 radical (unpaired) electrons. The van der Waals surface area contributed by atoms with Gasteiger partial charge in [-0.05, 0) is 70.9 Å². The summed E-state index contributed by atoms with van der Waals surface area (Å²) in [7, 11) is 0. The van der Waals surface area contributed by atoms with E-state index in [0.29, 0.717) is 39.0 Å². The van der Waals surface area contributed by atoms with Gasteiger partial charge in [-0.15, -0.1) is 0 Å². The fourth-order valence-corrected chi connectivity index (χ4v) is 5.03. The van der Waals surface area contributed by atoms with Gasteiger partial charge in [0, 0.05) is 27.8 Å². The highest BCUT2D eigenvalue weighted by Gasteiger charge is 2.34. The summed E-state index contributed by atoms with van der Waals surface area (Å²) >= 11 is 0. The Hall–Kier alpha value is -5.04. The van der Waals surface area contributed by atoms with Crippen LogP contribution in [-0.4, -0.2) is 32.4 Å². The number of carbonyl (C=O) groups is 2. The summed E-state index contributed by atoms with van der Waals surface area (Å²) in [5.41, 5.74) is 1.62. The lowest BCUT2D eigenvalue weighted by Gasteiger charge is -2.31. The Morgan fingerprint density at radius 3 is 1.67 bits per heavy atom. The molecule has 1 aliphatic rings. The van der Waals surface area contributed by atoms with Crippen molar-refractivity contribution in [2.75, 3.05) is 0 Å². The highest BCUT2D eigenvalue weighted by Crippen LogP contribution is 2.53. The number of aromatic carboxylic acids is 2. The molecule has 0 aliphatic carbocycles. The van der Waals surface area contributed by atoms with Crippen molar-refractivity contribution in [1.29, 1.82) is 0 Å². The Morgan fingerprint density at radius 2 is 1.17 bits per heavy atom. The second-order valence-corrected chi connectivity index (χ2v) is 8.73. The van der Waals surface area contributed by atoms with Crippen molar-refractivity contribution >= 4 is 33.5 Å². The summed E-state index contributed by atoms with van der Waals surface area (Å²) in [6.07, 6.45) is 0. The molecule has 176 valence electrons. The first kappa shape index (κ1) is 21.5. The number of fused-ring (bicyclic) bond motifs is 6. The van der Waals surface area contributed by atoms with E-state index in [9.17, 15) is 30.0 Å². The maximum Gasteiger partial charge on any atom is 0.335 e. The van der Waals surface area contributed by atoms with Crippen LogP contribution in [0, 0.1) is 0 Å². The van der Waals surface area contributed by atoms with E-state index in [1.807, 2.05) is 24.3 Å². The molecule has 0 amide bonds. The predicted octanol–water partition coefficient (Wildman–Crippen LogP) is 6.09. The van der Waals surface area contributed by atoms with Gasteiger partial charge in [-0.2, -0.15) is 0 Å². The molecule has 36 heavy (non-hydrogen) atoms. The molecular weight excluding hydrogens is 460 g/mol. The van der Waals surface area contributed by atoms with Crippen LogP contribution < -0.4 is 4.74 Å². The molecule has 5 aromatic rings. The molecule has 0 saturated carbocycles. The summed E-state index contributed by atoms with van der Waals surface area (Å²) in [4.78, 5) is 24.0. The summed E-state index contributed by atoms with van der Waals surface area (Å²) in [6.45, 7) is 0. The predicted molar refractivity (Wildman–Crippen MR) is 133 cm³/mol. The van der Waals surface area contributed by atoms with Crippen molar-refractivity contribution in [2.24, 2.45) is 0 Å². The van der Waals surface area contributed by atoms with Gasteiger partial charge in [-0.25, -0.2) is 9.59 Å². The van der Waals surface area contributed by atoms with Gasteiger partial charge in [0.05, 0.1) is 11.1 Å². The number of rotatable bonds is 3. The third kappa shape index (κ3) is 3.21. The molecule has 0 unspecified atom stereocenters. The van der Waals surface area contributed by atoms with Crippen molar-refractivity contribution in [1.82, 2.24) is 0 Å². The minimum Gasteiger partial charge on any atom is -0.508 e. The average molecular weight is 478 g/mol. The van der Waals surface area contributed by atoms with Crippen molar-refractivity contribution in [3.63, 3.8) is 0 Å². The molecule has 1 aliphatic heterocycles. The number of phenolic OH excluding ortho intramolecular Hbond substituents is 2. The number of phenols is 2. The molecule has 6 rings (SSSR count). The molecule has 0 saturated heterocycles. The number of aromatic hydroxyl groups is 2. The smallest absolute Gasteiger partial charge is 0.335 e. The summed E-state index contributed by atoms with van der Waals surface area (Å²) in [5.74, 6) is -1.82. The van der Waals surface area contributed by atoms with E-state index in [-0.39, 0.29) is 22.6 Å². The van der Waals surface area contributed by atoms with Gasteiger partial charge in [0.15, 0.2) is 0 Å². The number of ether oxygens (including phenoxy) is 1. The Morgan fingerprint density at radius 1 is 0.611 bits per heavy atom. The van der Waals surface area contributed by atoms with E-state index >= 15 is 0 Å². The van der Waals surface area contributed by atoms with Crippen LogP contribution in [0.3, 0.4) is 0 Å². The van der Waals surface area contributed by atoms with Gasteiger partial charge in [0.2, 0.25) is 0 Å². The van der Waals surface area contributed by atoms with Gasteiger partial charge >= 0.3 is 11.9 Å². The lowest BCUT2D eigenvalue weighted by atomic mass is 9.78. The summed E-state index contributed by atoms with van der Waals surface area (Å²) in [6, 6.07) is 21.0. The first-order valence-corrected chi connectivity index (χ1v) is 11.1. The van der Waals surface area contributed by atoms with Gasteiger partial charge in [-0.3, -0.25) is 0 Å². The Bertz CT molecular complexity index is 1660. The number of hydrogen-bond acceptors (Lipinski definition) is 5. The van der Waals surface area contributed by atoms with Gasteiger partial charge in [0.25, 0.3) is 0 Å². The van der Waals surface area contributed by atoms with Crippen LogP contribution in [-0.2, 0) is 0 Å². The average Bonchev–Trinajstić information content (AvgIpc) is 2.86. The van der Waals surface area contributed by atoms with Crippen LogP contribution in [0.25, 0.3) is 21.5 Å². The van der Waals surface area contributed by atoms with E-state index in [0.717, 1.165) is 10.8 Å². The molecule has 0 fully saturated rings. The lowest BCUT2D eigenvalue weighted by molar-refractivity contribution is 0.0680. The molecule has 4 N–H and O–H groups in total. The molecule has 5 aromatic carbocycles. The molecule has 0 spiro atoms. The molecule has 1 heterocycles. The van der Waals surface area contributed by atoms with Gasteiger partial charge < -0.3 is 25.2 Å². The maximum absolute atomic E-state index is 12.2. The maximum atomic E-state index is 12.2. The topological polar surface area (TPSA) is 124 Å². The molecule has 0 aromatic heterocycles. The molecule has 7 nitrogen and oxygen atoms in total. The van der Waals surface area contributed by atoms with Crippen molar-refractivity contribution < 1.29 is 34.8 Å². The zero-order valence-corrected chi connectivity index (χ0v) is 18.6. The van der Waals surface area contributed by atoms with E-state index in [2.05, 4.69) is 0 Å². The highest BCUT2D eigenvalue weighted by atomic mass is 16.5. The van der Waals surface area contributed by atoms with Crippen LogP contribution in [0.2, 0.25) is 0 Å². The fourth-order valence-electron chi connectivity index (χ4n) is 5.03. The minimum absolute atomic E-state index is 0.0135. The van der Waals surface area contributed by atoms with Crippen LogP contribution >= 0.6 is 0 Å². The monoisotopic (exact) mass is 478 g/mol. The Kier molecular flexibility index (Phi) is 4.62. The standard InChI is InChI=1S/C29H18O7/c30-17-4-9-19-14(11-17)1-7-22-25(24-13-16(28(32)33)3-6-21(24)29(34)35)23-8-2-15-12-18(31)5-10-20(15)27(23)36-26(19)22/h1-13,25,30-31H,(H,32,33)(H,34,35). The quantitative estimate of drug-likeness (QED) is 0.243. The number of carboxylic acids is 2. The van der Waals surface area contributed by atoms with Crippen molar-refractivity contribution in [2.45, 2.75) is 5.92 Å². The Balaban J connectivity index is 1.73. The number of benzene rings is 5. The van der Waals surface area contributed by atoms with Crippen molar-refractivity contribution in [3.05, 3.63) is 107 Å². The minimum atomic E-state index is -1.17. The first-order valence-electron chi connectivity index (χ1n) is 11.1. The number of carboxylic acid groups (broad SMARTS) is 2. The largest absolute Gasteiger partial charge is 0.508 e. The van der Waals surface area contributed by atoms with Crippen molar-refractivity contribution in [3.8, 4) is 23.0 Å². The molecule has 7 heteroatoms. The lowest BCUT2D eigenvalue weighted by Crippen LogP contribution is -2.16. The van der Waals surface area contributed by atoms with Crippen LogP contribution in [0.4, 0.5) is 0 Å². The first-order chi connectivity index (χ1) is 17.3. The normalized spacial score (nSPS) is 12.7. The SMILES string of the molecule is O=C(O)c1ccc(C(=O)O)c(C2c3ccc4cc(O)ccc4c3Oc3c2ccc2cc(O)ccc32)c1. The van der Waals surface area contributed by atoms with Gasteiger partial charge in [0.1, 0.15) is 23.0 Å². The van der Waals surface area contributed by atoms with Crippen LogP contribution in [0.1, 0.15) is 43.3 Å². The van der Waals surface area contributed by atoms with Crippen LogP contribution in [0.15, 0.2) is 78.9 Å². The van der Waals surface area contributed by atoms with E-state index < -0.39 is 17.9 Å². The zero-order valence-electron chi connectivity index (χ0n) is 18.6. The molecular formula is C29H18O7. The zero-order chi connectivity index (χ0) is 25.1. The second kappa shape index (κ2) is 7.74. The van der Waals surface area contributed by atoms with E-state index in [1.54, 1.807) is 36.4 Å². The van der Waals surface area contributed by atoms with Gasteiger partial charge in [-0.1, -0.05) is 24.3 Å². The number of hydrogen-bond donors (Lipinski definition) is 4. The molecule has 0 bridgehead atoms. The third-order valence-electron chi connectivity index (χ3n) is 6.63. The van der Waals surface area contributed by atoms with Crippen LogP contribution in [0.5, 0.6) is 23.0 Å². The fraction of sp³-hybridized carbons (Fsp3) is 0.0345.